The zero-order valence-electron chi connectivity index (χ0n) is 11.8. The summed E-state index contributed by atoms with van der Waals surface area (Å²) in [6, 6.07) is 2.21. The summed E-state index contributed by atoms with van der Waals surface area (Å²) in [5.41, 5.74) is 0.194. The second kappa shape index (κ2) is 5.73. The third kappa shape index (κ3) is 3.59. The van der Waals surface area contributed by atoms with Gasteiger partial charge in [-0.15, -0.1) is 0 Å². The molecule has 0 heterocycles. The number of benzene rings is 1. The summed E-state index contributed by atoms with van der Waals surface area (Å²) < 4.78 is 40.0. The van der Waals surface area contributed by atoms with Crippen LogP contribution in [-0.2, 0) is 14.8 Å². The smallest absolute Gasteiger partial charge is 0.322 e. The lowest BCUT2D eigenvalue weighted by atomic mass is 9.98. The fourth-order valence-corrected chi connectivity index (χ4v) is 3.66. The van der Waals surface area contributed by atoms with E-state index in [1.165, 1.54) is 13.0 Å². The van der Waals surface area contributed by atoms with E-state index >= 15 is 0 Å². The van der Waals surface area contributed by atoms with Gasteiger partial charge in [-0.3, -0.25) is 4.79 Å². The topological polar surface area (TPSA) is 83.5 Å². The van der Waals surface area contributed by atoms with Crippen LogP contribution in [0.2, 0.25) is 0 Å². The molecule has 0 saturated heterocycles. The molecule has 0 aliphatic heterocycles. The van der Waals surface area contributed by atoms with Gasteiger partial charge in [-0.05, 0) is 55.4 Å². The molecule has 2 rings (SSSR count). The first-order valence-electron chi connectivity index (χ1n) is 6.73. The molecule has 0 radical (unpaired) electrons. The van der Waals surface area contributed by atoms with Crippen LogP contribution in [0.5, 0.6) is 0 Å². The highest BCUT2D eigenvalue weighted by molar-refractivity contribution is 7.89. The van der Waals surface area contributed by atoms with Crippen molar-refractivity contribution >= 4 is 16.0 Å². The first kappa shape index (κ1) is 15.9. The Labute approximate surface area is 123 Å². The number of hydrogen-bond donors (Lipinski definition) is 2. The first-order valence-corrected chi connectivity index (χ1v) is 8.22. The average molecular weight is 315 g/mol. The van der Waals surface area contributed by atoms with E-state index in [0.717, 1.165) is 25.0 Å². The molecule has 1 aromatic carbocycles. The van der Waals surface area contributed by atoms with Gasteiger partial charge in [0.25, 0.3) is 0 Å². The van der Waals surface area contributed by atoms with E-state index in [0.29, 0.717) is 0 Å². The van der Waals surface area contributed by atoms with Crippen molar-refractivity contribution in [2.24, 2.45) is 11.8 Å². The zero-order valence-corrected chi connectivity index (χ0v) is 12.7. The van der Waals surface area contributed by atoms with Crippen LogP contribution in [0.4, 0.5) is 4.39 Å². The van der Waals surface area contributed by atoms with Crippen LogP contribution >= 0.6 is 0 Å². The minimum Gasteiger partial charge on any atom is -0.480 e. The van der Waals surface area contributed by atoms with Gasteiger partial charge in [0.05, 0.1) is 4.90 Å². The van der Waals surface area contributed by atoms with Crippen LogP contribution in [-0.4, -0.2) is 25.5 Å². The van der Waals surface area contributed by atoms with Crippen molar-refractivity contribution in [1.29, 1.82) is 0 Å². The average Bonchev–Trinajstić information content (AvgIpc) is 3.22. The van der Waals surface area contributed by atoms with Crippen molar-refractivity contribution in [1.82, 2.24) is 4.72 Å². The number of carboxylic acids is 1. The van der Waals surface area contributed by atoms with Crippen molar-refractivity contribution in [3.8, 4) is 0 Å². The van der Waals surface area contributed by atoms with Gasteiger partial charge in [0.15, 0.2) is 0 Å². The predicted octanol–water partition coefficient (Wildman–Crippen LogP) is 1.91. The van der Waals surface area contributed by atoms with Crippen LogP contribution in [0.15, 0.2) is 23.1 Å². The Morgan fingerprint density at radius 3 is 2.52 bits per heavy atom. The number of aryl methyl sites for hydroxylation is 1. The van der Waals surface area contributed by atoms with Crippen LogP contribution in [0, 0.1) is 24.6 Å². The SMILES string of the molecule is Cc1cc(S(=O)(=O)NC(C(=O)O)C(C)C2CC2)ccc1F. The molecule has 5 nitrogen and oxygen atoms in total. The quantitative estimate of drug-likeness (QED) is 0.840. The van der Waals surface area contributed by atoms with E-state index in [2.05, 4.69) is 4.72 Å². The maximum absolute atomic E-state index is 13.2. The lowest BCUT2D eigenvalue weighted by Gasteiger charge is -2.21. The van der Waals surface area contributed by atoms with Crippen LogP contribution < -0.4 is 4.72 Å². The molecule has 0 spiro atoms. The third-order valence-electron chi connectivity index (χ3n) is 3.88. The highest BCUT2D eigenvalue weighted by atomic mass is 32.2. The molecule has 7 heteroatoms. The minimum absolute atomic E-state index is 0.129. The molecular weight excluding hydrogens is 297 g/mol. The van der Waals surface area contributed by atoms with Gasteiger partial charge in [0.1, 0.15) is 11.9 Å². The van der Waals surface area contributed by atoms with Crippen molar-refractivity contribution in [2.45, 2.75) is 37.6 Å². The van der Waals surface area contributed by atoms with E-state index in [1.807, 2.05) is 0 Å². The van der Waals surface area contributed by atoms with Crippen molar-refractivity contribution < 1.29 is 22.7 Å². The Balaban J connectivity index is 2.25. The number of carbonyl (C=O) groups is 1. The third-order valence-corrected chi connectivity index (χ3v) is 5.32. The van der Waals surface area contributed by atoms with E-state index in [4.69, 9.17) is 0 Å². The second-order valence-electron chi connectivity index (χ2n) is 5.54. The number of rotatable bonds is 6. The standard InChI is InChI=1S/C14H18FNO4S/c1-8-7-11(5-6-12(8)15)21(19,20)16-13(14(17)18)9(2)10-3-4-10/h5-7,9-10,13,16H,3-4H2,1-2H3,(H,17,18). The van der Waals surface area contributed by atoms with Gasteiger partial charge in [-0.2, -0.15) is 4.72 Å². The van der Waals surface area contributed by atoms with Crippen LogP contribution in [0.3, 0.4) is 0 Å². The Morgan fingerprint density at radius 1 is 1.43 bits per heavy atom. The molecule has 0 amide bonds. The summed E-state index contributed by atoms with van der Waals surface area (Å²) >= 11 is 0. The number of nitrogens with one attached hydrogen (secondary N) is 1. The monoisotopic (exact) mass is 315 g/mol. The van der Waals surface area contributed by atoms with Crippen molar-refractivity contribution in [2.75, 3.05) is 0 Å². The zero-order chi connectivity index (χ0) is 15.8. The lowest BCUT2D eigenvalue weighted by molar-refractivity contribution is -0.140. The summed E-state index contributed by atoms with van der Waals surface area (Å²) in [6.45, 7) is 3.19. The van der Waals surface area contributed by atoms with E-state index in [-0.39, 0.29) is 22.3 Å². The van der Waals surface area contributed by atoms with Crippen LogP contribution in [0.1, 0.15) is 25.3 Å². The highest BCUT2D eigenvalue weighted by Gasteiger charge is 2.39. The largest absolute Gasteiger partial charge is 0.480 e. The van der Waals surface area contributed by atoms with Gasteiger partial charge >= 0.3 is 5.97 Å². The number of aliphatic carboxylic acids is 1. The van der Waals surface area contributed by atoms with E-state index in [9.17, 15) is 22.7 Å². The fourth-order valence-electron chi connectivity index (χ4n) is 2.30. The summed E-state index contributed by atoms with van der Waals surface area (Å²) in [5, 5.41) is 9.24. The molecule has 2 unspecified atom stereocenters. The Bertz CT molecular complexity index is 655. The molecule has 0 aromatic heterocycles. The number of hydrogen-bond acceptors (Lipinski definition) is 3. The number of halogens is 1. The molecule has 21 heavy (non-hydrogen) atoms. The Morgan fingerprint density at radius 2 is 2.05 bits per heavy atom. The lowest BCUT2D eigenvalue weighted by Crippen LogP contribution is -2.45. The molecule has 1 aromatic rings. The summed E-state index contributed by atoms with van der Waals surface area (Å²) in [7, 11) is -3.99. The molecule has 2 atom stereocenters. The van der Waals surface area contributed by atoms with Crippen LogP contribution in [0.25, 0.3) is 0 Å². The Hall–Kier alpha value is -1.47. The van der Waals surface area contributed by atoms with Crippen molar-refractivity contribution in [3.05, 3.63) is 29.6 Å². The maximum atomic E-state index is 13.2. The van der Waals surface area contributed by atoms with Gasteiger partial charge in [-0.1, -0.05) is 6.92 Å². The number of carboxylic acid groups (broad SMARTS) is 1. The first-order chi connectivity index (χ1) is 9.72. The number of sulfonamides is 1. The summed E-state index contributed by atoms with van der Waals surface area (Å²) in [4.78, 5) is 11.2. The minimum atomic E-state index is -3.99. The molecular formula is C14H18FNO4S. The molecule has 1 aliphatic rings. The predicted molar refractivity (Wildman–Crippen MR) is 74.8 cm³/mol. The highest BCUT2D eigenvalue weighted by Crippen LogP contribution is 2.38. The maximum Gasteiger partial charge on any atom is 0.322 e. The Kier molecular flexibility index (Phi) is 4.34. The normalized spacial score (nSPS) is 18.2. The molecule has 1 fully saturated rings. The second-order valence-corrected chi connectivity index (χ2v) is 7.26. The molecule has 2 N–H and O–H groups in total. The molecule has 0 bridgehead atoms. The van der Waals surface area contributed by atoms with E-state index < -0.39 is 27.9 Å². The molecule has 1 aliphatic carbocycles. The van der Waals surface area contributed by atoms with E-state index in [1.54, 1.807) is 6.92 Å². The summed E-state index contributed by atoms with van der Waals surface area (Å²) in [5.74, 6) is -1.74. The summed E-state index contributed by atoms with van der Waals surface area (Å²) in [6.07, 6.45) is 1.84. The molecule has 1 saturated carbocycles. The molecule has 116 valence electrons. The van der Waals surface area contributed by atoms with Gasteiger partial charge in [-0.25, -0.2) is 12.8 Å². The fraction of sp³-hybridized carbons (Fsp3) is 0.500. The van der Waals surface area contributed by atoms with Gasteiger partial charge in [0, 0.05) is 0 Å². The van der Waals surface area contributed by atoms with Gasteiger partial charge < -0.3 is 5.11 Å². The van der Waals surface area contributed by atoms with Crippen molar-refractivity contribution in [3.63, 3.8) is 0 Å². The van der Waals surface area contributed by atoms with Gasteiger partial charge in [0.2, 0.25) is 10.0 Å².